The molecule has 0 spiro atoms. The number of guanidine groups is 1. The van der Waals surface area contributed by atoms with E-state index < -0.39 is 12.7 Å². The Bertz CT molecular complexity index is 665. The number of likely N-dealkylation sites (tertiary alicyclic amines) is 1. The number of piperazine rings is 1. The van der Waals surface area contributed by atoms with Crippen molar-refractivity contribution in [2.45, 2.75) is 18.6 Å². The molecule has 2 saturated heterocycles. The smallest absolute Gasteiger partial charge is 0.367 e. The largest absolute Gasteiger partial charge is 0.401 e. The van der Waals surface area contributed by atoms with Gasteiger partial charge >= 0.3 is 6.18 Å². The lowest BCUT2D eigenvalue weighted by Gasteiger charge is -2.38. The number of benzene rings is 1. The highest BCUT2D eigenvalue weighted by Crippen LogP contribution is 2.26. The Kier molecular flexibility index (Phi) is 8.50. The van der Waals surface area contributed by atoms with Gasteiger partial charge in [0.25, 0.3) is 0 Å². The van der Waals surface area contributed by atoms with Gasteiger partial charge in [-0.05, 0) is 18.6 Å². The van der Waals surface area contributed by atoms with Gasteiger partial charge in [-0.2, -0.15) is 13.2 Å². The van der Waals surface area contributed by atoms with Crippen molar-refractivity contribution in [3.8, 4) is 0 Å². The van der Waals surface area contributed by atoms with E-state index in [1.165, 1.54) is 4.90 Å². The molecule has 158 valence electrons. The van der Waals surface area contributed by atoms with E-state index in [1.54, 1.807) is 7.05 Å². The van der Waals surface area contributed by atoms with E-state index in [-0.39, 0.29) is 30.0 Å². The predicted octanol–water partition coefficient (Wildman–Crippen LogP) is 3.29. The van der Waals surface area contributed by atoms with Gasteiger partial charge in [-0.1, -0.05) is 23.7 Å². The minimum Gasteiger partial charge on any atom is -0.367 e. The van der Waals surface area contributed by atoms with Crippen LogP contribution in [0.15, 0.2) is 29.3 Å². The monoisotopic (exact) mass is 531 g/mol. The Hall–Kier alpha value is -0.940. The summed E-state index contributed by atoms with van der Waals surface area (Å²) in [6, 6.07) is 7.78. The average Bonchev–Trinajstić information content (AvgIpc) is 3.05. The van der Waals surface area contributed by atoms with Crippen molar-refractivity contribution >= 4 is 47.2 Å². The van der Waals surface area contributed by atoms with Crippen LogP contribution in [-0.2, 0) is 0 Å². The van der Waals surface area contributed by atoms with E-state index in [0.29, 0.717) is 19.5 Å². The van der Waals surface area contributed by atoms with E-state index >= 15 is 0 Å². The summed E-state index contributed by atoms with van der Waals surface area (Å²) in [5, 5.41) is 4.08. The number of nitrogens with one attached hydrogen (secondary N) is 1. The highest BCUT2D eigenvalue weighted by molar-refractivity contribution is 14.0. The number of halogens is 5. The van der Waals surface area contributed by atoms with Gasteiger partial charge in [-0.15, -0.1) is 24.0 Å². The molecule has 3 rings (SSSR count). The second-order valence-corrected chi connectivity index (χ2v) is 7.36. The number of alkyl halides is 3. The van der Waals surface area contributed by atoms with Crippen LogP contribution < -0.4 is 10.2 Å². The standard InChI is InChI=1S/C18H25ClF3N5.HI/c1-23-17(24-14-6-7-25(12-14)13-18(20,21)22)27-10-8-26(9-11-27)16-5-3-2-4-15(16)19;/h2-5,14H,6-13H2,1H3,(H,23,24);1H. The van der Waals surface area contributed by atoms with Crippen LogP contribution in [0.3, 0.4) is 0 Å². The van der Waals surface area contributed by atoms with Crippen molar-refractivity contribution in [3.05, 3.63) is 29.3 Å². The van der Waals surface area contributed by atoms with Crippen molar-refractivity contribution in [1.29, 1.82) is 0 Å². The molecule has 28 heavy (non-hydrogen) atoms. The molecule has 2 heterocycles. The lowest BCUT2D eigenvalue weighted by atomic mass is 10.2. The third-order valence-corrected chi connectivity index (χ3v) is 5.31. The Morgan fingerprint density at radius 2 is 1.86 bits per heavy atom. The van der Waals surface area contributed by atoms with Gasteiger partial charge in [0.1, 0.15) is 0 Å². The Morgan fingerprint density at radius 1 is 1.18 bits per heavy atom. The summed E-state index contributed by atoms with van der Waals surface area (Å²) in [5.74, 6) is 0.757. The van der Waals surface area contributed by atoms with Crippen molar-refractivity contribution < 1.29 is 13.2 Å². The second kappa shape index (κ2) is 10.2. The summed E-state index contributed by atoms with van der Waals surface area (Å²) in [4.78, 5) is 10.2. The first-order valence-electron chi connectivity index (χ1n) is 9.12. The van der Waals surface area contributed by atoms with Crippen molar-refractivity contribution in [1.82, 2.24) is 15.1 Å². The average molecular weight is 532 g/mol. The molecule has 2 aliphatic heterocycles. The SMILES string of the molecule is CN=C(NC1CCN(CC(F)(F)F)C1)N1CCN(c2ccccc2Cl)CC1.I. The first kappa shape index (κ1) is 23.3. The number of para-hydroxylation sites is 1. The molecular formula is C18H26ClF3IN5. The van der Waals surface area contributed by atoms with Crippen molar-refractivity contribution in [2.24, 2.45) is 4.99 Å². The summed E-state index contributed by atoms with van der Waals surface area (Å²) in [7, 11) is 1.71. The number of anilines is 1. The van der Waals surface area contributed by atoms with Gasteiger partial charge in [0.2, 0.25) is 0 Å². The number of rotatable bonds is 3. The third-order valence-electron chi connectivity index (χ3n) is 4.99. The van der Waals surface area contributed by atoms with Crippen LogP contribution in [0, 0.1) is 0 Å². The molecule has 10 heteroatoms. The highest BCUT2D eigenvalue weighted by Gasteiger charge is 2.35. The maximum atomic E-state index is 12.6. The second-order valence-electron chi connectivity index (χ2n) is 6.95. The van der Waals surface area contributed by atoms with Crippen molar-refractivity contribution in [2.75, 3.05) is 57.8 Å². The minimum absolute atomic E-state index is 0. The van der Waals surface area contributed by atoms with Gasteiger partial charge in [0, 0.05) is 52.4 Å². The fourth-order valence-electron chi connectivity index (χ4n) is 3.69. The highest BCUT2D eigenvalue weighted by atomic mass is 127. The minimum atomic E-state index is -4.15. The molecule has 1 aromatic carbocycles. The van der Waals surface area contributed by atoms with Crippen LogP contribution in [0.2, 0.25) is 5.02 Å². The first-order valence-corrected chi connectivity index (χ1v) is 9.50. The third kappa shape index (κ3) is 6.28. The van der Waals surface area contributed by atoms with Crippen LogP contribution in [0.5, 0.6) is 0 Å². The number of nitrogens with zero attached hydrogens (tertiary/aromatic N) is 4. The molecule has 0 bridgehead atoms. The molecule has 1 atom stereocenters. The number of hydrogen-bond acceptors (Lipinski definition) is 3. The molecule has 0 aliphatic carbocycles. The zero-order valence-corrected chi connectivity index (χ0v) is 18.8. The fraction of sp³-hybridized carbons (Fsp3) is 0.611. The van der Waals surface area contributed by atoms with Gasteiger partial charge in [-0.3, -0.25) is 9.89 Å². The van der Waals surface area contributed by atoms with Crippen LogP contribution in [0.1, 0.15) is 6.42 Å². The van der Waals surface area contributed by atoms with E-state index in [9.17, 15) is 13.2 Å². The molecule has 0 radical (unpaired) electrons. The molecule has 0 aromatic heterocycles. The lowest BCUT2D eigenvalue weighted by Crippen LogP contribution is -2.54. The summed E-state index contributed by atoms with van der Waals surface area (Å²) in [6.45, 7) is 3.19. The maximum absolute atomic E-state index is 12.6. The molecule has 2 aliphatic rings. The summed E-state index contributed by atoms with van der Waals surface area (Å²) in [5.41, 5.74) is 1.03. The van der Waals surface area contributed by atoms with Gasteiger partial charge in [0.15, 0.2) is 5.96 Å². The topological polar surface area (TPSA) is 34.1 Å². The molecule has 5 nitrogen and oxygen atoms in total. The molecular weight excluding hydrogens is 506 g/mol. The van der Waals surface area contributed by atoms with Gasteiger partial charge in [-0.25, -0.2) is 0 Å². The van der Waals surface area contributed by atoms with Crippen LogP contribution in [-0.4, -0.2) is 80.8 Å². The predicted molar refractivity (Wildman–Crippen MR) is 118 cm³/mol. The zero-order chi connectivity index (χ0) is 19.4. The Balaban J connectivity index is 0.00000280. The first-order chi connectivity index (χ1) is 12.9. The molecule has 0 amide bonds. The summed E-state index contributed by atoms with van der Waals surface area (Å²) >= 11 is 6.28. The molecule has 1 unspecified atom stereocenters. The summed E-state index contributed by atoms with van der Waals surface area (Å²) < 4.78 is 37.7. The molecule has 2 fully saturated rings. The quantitative estimate of drug-likeness (QED) is 0.369. The maximum Gasteiger partial charge on any atom is 0.401 e. The van der Waals surface area contributed by atoms with E-state index in [1.807, 2.05) is 24.3 Å². The Morgan fingerprint density at radius 3 is 2.46 bits per heavy atom. The van der Waals surface area contributed by atoms with Gasteiger partial charge in [0.05, 0.1) is 17.3 Å². The van der Waals surface area contributed by atoms with Gasteiger partial charge < -0.3 is 15.1 Å². The molecule has 1 aromatic rings. The van der Waals surface area contributed by atoms with Crippen molar-refractivity contribution in [3.63, 3.8) is 0 Å². The van der Waals surface area contributed by atoms with E-state index in [4.69, 9.17) is 11.6 Å². The van der Waals surface area contributed by atoms with Crippen LogP contribution in [0.25, 0.3) is 0 Å². The Labute approximate surface area is 185 Å². The normalized spacial score (nSPS) is 21.6. The van der Waals surface area contributed by atoms with E-state index in [0.717, 1.165) is 42.8 Å². The van der Waals surface area contributed by atoms with Crippen LogP contribution in [0.4, 0.5) is 18.9 Å². The number of hydrogen-bond donors (Lipinski definition) is 1. The van der Waals surface area contributed by atoms with E-state index in [2.05, 4.69) is 20.1 Å². The number of aliphatic imine (C=N–C) groups is 1. The summed E-state index contributed by atoms with van der Waals surface area (Å²) in [6.07, 6.45) is -3.46. The fourth-order valence-corrected chi connectivity index (χ4v) is 3.95. The molecule has 0 saturated carbocycles. The lowest BCUT2D eigenvalue weighted by molar-refractivity contribution is -0.143. The zero-order valence-electron chi connectivity index (χ0n) is 15.8. The molecule has 1 N–H and O–H groups in total. The van der Waals surface area contributed by atoms with Crippen LogP contribution >= 0.6 is 35.6 Å².